The maximum absolute atomic E-state index is 11.7. The van der Waals surface area contributed by atoms with Gasteiger partial charge in [-0.3, -0.25) is 9.59 Å². The molecule has 0 unspecified atom stereocenters. The number of amides is 2. The summed E-state index contributed by atoms with van der Waals surface area (Å²) < 4.78 is 0. The molecule has 4 N–H and O–H groups in total. The van der Waals surface area contributed by atoms with Gasteiger partial charge in [-0.05, 0) is 17.5 Å². The predicted molar refractivity (Wildman–Crippen MR) is 67.3 cm³/mol. The Morgan fingerprint density at radius 2 is 2.00 bits per heavy atom. The predicted octanol–water partition coefficient (Wildman–Crippen LogP) is 0.0401. The molecule has 5 heteroatoms. The molecule has 0 aliphatic carbocycles. The Labute approximate surface area is 106 Å². The molecule has 0 radical (unpaired) electrons. The van der Waals surface area contributed by atoms with Gasteiger partial charge in [0.1, 0.15) is 6.04 Å². The van der Waals surface area contributed by atoms with Crippen LogP contribution in [0.4, 0.5) is 0 Å². The monoisotopic (exact) mass is 247 g/mol. The minimum absolute atomic E-state index is 0.0533. The molecule has 1 fully saturated rings. The molecule has 1 aliphatic heterocycles. The Bertz CT molecular complexity index is 442. The van der Waals surface area contributed by atoms with E-state index in [1.165, 1.54) is 0 Å². The van der Waals surface area contributed by atoms with E-state index in [2.05, 4.69) is 10.6 Å². The van der Waals surface area contributed by atoms with Gasteiger partial charge in [0.25, 0.3) is 0 Å². The molecule has 1 saturated heterocycles. The summed E-state index contributed by atoms with van der Waals surface area (Å²) in [6.07, 6.45) is 1.01. The number of hydrogen-bond acceptors (Lipinski definition) is 3. The van der Waals surface area contributed by atoms with Crippen molar-refractivity contribution >= 4 is 11.8 Å². The van der Waals surface area contributed by atoms with Crippen molar-refractivity contribution in [2.24, 2.45) is 5.73 Å². The molecule has 18 heavy (non-hydrogen) atoms. The summed E-state index contributed by atoms with van der Waals surface area (Å²) >= 11 is 0. The normalized spacial score (nSPS) is 18.5. The first-order valence-electron chi connectivity index (χ1n) is 6.04. The van der Waals surface area contributed by atoms with Crippen LogP contribution in [0.5, 0.6) is 0 Å². The van der Waals surface area contributed by atoms with Crippen LogP contribution >= 0.6 is 0 Å². The summed E-state index contributed by atoms with van der Waals surface area (Å²) in [4.78, 5) is 22.7. The Kier molecular flexibility index (Phi) is 3.94. The summed E-state index contributed by atoms with van der Waals surface area (Å²) in [5.41, 5.74) is 7.59. The molecule has 1 aromatic carbocycles. The number of carbonyl (C=O) groups is 2. The second-order valence-corrected chi connectivity index (χ2v) is 4.40. The third-order valence-electron chi connectivity index (χ3n) is 3.04. The molecule has 5 nitrogen and oxygen atoms in total. The van der Waals surface area contributed by atoms with Gasteiger partial charge < -0.3 is 16.4 Å². The van der Waals surface area contributed by atoms with Gasteiger partial charge in [-0.2, -0.15) is 0 Å². The molecule has 0 saturated carbocycles. The standard InChI is InChI=1S/C13H17N3O2/c14-7-9-1-3-10(4-2-9)8-15-13(18)11-5-6-12(17)16-11/h1-4,11H,5-8,14H2,(H,15,18)(H,16,17)/t11-/m1/s1. The first-order chi connectivity index (χ1) is 8.69. The molecule has 0 bridgehead atoms. The summed E-state index contributed by atoms with van der Waals surface area (Å²) in [6.45, 7) is 0.983. The second-order valence-electron chi connectivity index (χ2n) is 4.40. The fourth-order valence-corrected chi connectivity index (χ4v) is 1.92. The quantitative estimate of drug-likeness (QED) is 0.702. The fraction of sp³-hybridized carbons (Fsp3) is 0.385. The summed E-state index contributed by atoms with van der Waals surface area (Å²) in [5, 5.41) is 5.45. The van der Waals surface area contributed by atoms with Crippen LogP contribution in [0.25, 0.3) is 0 Å². The van der Waals surface area contributed by atoms with E-state index in [9.17, 15) is 9.59 Å². The topological polar surface area (TPSA) is 84.2 Å². The molecule has 2 rings (SSSR count). The average molecular weight is 247 g/mol. The summed E-state index contributed by atoms with van der Waals surface area (Å²) in [6, 6.07) is 7.39. The van der Waals surface area contributed by atoms with Crippen molar-refractivity contribution < 1.29 is 9.59 Å². The van der Waals surface area contributed by atoms with Crippen molar-refractivity contribution in [2.45, 2.75) is 32.0 Å². The van der Waals surface area contributed by atoms with Crippen LogP contribution in [0.1, 0.15) is 24.0 Å². The highest BCUT2D eigenvalue weighted by atomic mass is 16.2. The van der Waals surface area contributed by atoms with Crippen LogP contribution < -0.4 is 16.4 Å². The zero-order chi connectivity index (χ0) is 13.0. The number of nitrogens with one attached hydrogen (secondary N) is 2. The lowest BCUT2D eigenvalue weighted by Crippen LogP contribution is -2.41. The Morgan fingerprint density at radius 1 is 1.33 bits per heavy atom. The van der Waals surface area contributed by atoms with Gasteiger partial charge in [-0.15, -0.1) is 0 Å². The van der Waals surface area contributed by atoms with Gasteiger partial charge in [-0.1, -0.05) is 24.3 Å². The largest absolute Gasteiger partial charge is 0.350 e. The van der Waals surface area contributed by atoms with Gasteiger partial charge in [0.2, 0.25) is 11.8 Å². The molecule has 2 amide bonds. The van der Waals surface area contributed by atoms with Crippen molar-refractivity contribution in [1.29, 1.82) is 0 Å². The van der Waals surface area contributed by atoms with E-state index in [4.69, 9.17) is 5.73 Å². The lowest BCUT2D eigenvalue weighted by Gasteiger charge is -2.11. The SMILES string of the molecule is NCc1ccc(CNC(=O)[C@H]2CCC(=O)N2)cc1. The molecular weight excluding hydrogens is 230 g/mol. The number of benzene rings is 1. The Hall–Kier alpha value is -1.88. The van der Waals surface area contributed by atoms with Crippen LogP contribution in [0, 0.1) is 0 Å². The molecule has 1 aliphatic rings. The molecule has 0 spiro atoms. The van der Waals surface area contributed by atoms with Gasteiger partial charge in [0, 0.05) is 19.5 Å². The van der Waals surface area contributed by atoms with Crippen molar-refractivity contribution in [2.75, 3.05) is 0 Å². The number of rotatable bonds is 4. The molecule has 96 valence electrons. The first kappa shape index (κ1) is 12.6. The lowest BCUT2D eigenvalue weighted by atomic mass is 10.1. The van der Waals surface area contributed by atoms with Gasteiger partial charge in [-0.25, -0.2) is 0 Å². The third-order valence-corrected chi connectivity index (χ3v) is 3.04. The maximum atomic E-state index is 11.7. The molecule has 1 atom stereocenters. The van der Waals surface area contributed by atoms with Crippen molar-refractivity contribution in [1.82, 2.24) is 10.6 Å². The van der Waals surface area contributed by atoms with E-state index in [1.54, 1.807) is 0 Å². The number of carbonyl (C=O) groups excluding carboxylic acids is 2. The maximum Gasteiger partial charge on any atom is 0.242 e. The van der Waals surface area contributed by atoms with E-state index in [1.807, 2.05) is 24.3 Å². The van der Waals surface area contributed by atoms with E-state index < -0.39 is 0 Å². The number of nitrogens with two attached hydrogens (primary N) is 1. The van der Waals surface area contributed by atoms with E-state index in [0.717, 1.165) is 11.1 Å². The molecule has 1 aromatic rings. The van der Waals surface area contributed by atoms with Crippen LogP contribution in [0.15, 0.2) is 24.3 Å². The smallest absolute Gasteiger partial charge is 0.242 e. The van der Waals surface area contributed by atoms with Crippen molar-refractivity contribution in [3.05, 3.63) is 35.4 Å². The minimum atomic E-state index is -0.374. The zero-order valence-electron chi connectivity index (χ0n) is 10.1. The molecule has 0 aromatic heterocycles. The van der Waals surface area contributed by atoms with Crippen LogP contribution in [-0.2, 0) is 22.7 Å². The highest BCUT2D eigenvalue weighted by molar-refractivity contribution is 5.90. The number of hydrogen-bond donors (Lipinski definition) is 3. The molecular formula is C13H17N3O2. The van der Waals surface area contributed by atoms with E-state index in [-0.39, 0.29) is 17.9 Å². The first-order valence-corrected chi connectivity index (χ1v) is 6.04. The Balaban J connectivity index is 1.83. The van der Waals surface area contributed by atoms with Crippen LogP contribution in [-0.4, -0.2) is 17.9 Å². The van der Waals surface area contributed by atoms with E-state index in [0.29, 0.717) is 25.9 Å². The lowest BCUT2D eigenvalue weighted by molar-refractivity contribution is -0.125. The van der Waals surface area contributed by atoms with Gasteiger partial charge >= 0.3 is 0 Å². The van der Waals surface area contributed by atoms with Gasteiger partial charge in [0.05, 0.1) is 0 Å². The second kappa shape index (κ2) is 5.64. The highest BCUT2D eigenvalue weighted by Gasteiger charge is 2.26. The van der Waals surface area contributed by atoms with Crippen LogP contribution in [0.2, 0.25) is 0 Å². The summed E-state index contributed by atoms with van der Waals surface area (Å²) in [7, 11) is 0. The van der Waals surface area contributed by atoms with Crippen molar-refractivity contribution in [3.8, 4) is 0 Å². The average Bonchev–Trinajstić information content (AvgIpc) is 2.83. The van der Waals surface area contributed by atoms with Crippen molar-refractivity contribution in [3.63, 3.8) is 0 Å². The zero-order valence-corrected chi connectivity index (χ0v) is 10.1. The fourth-order valence-electron chi connectivity index (χ4n) is 1.92. The molecule has 1 heterocycles. The third kappa shape index (κ3) is 3.07. The Morgan fingerprint density at radius 3 is 2.56 bits per heavy atom. The summed E-state index contributed by atoms with van der Waals surface area (Å²) in [5.74, 6) is -0.175. The highest BCUT2D eigenvalue weighted by Crippen LogP contribution is 2.07. The van der Waals surface area contributed by atoms with Gasteiger partial charge in [0.15, 0.2) is 0 Å². The van der Waals surface area contributed by atoms with Crippen LogP contribution in [0.3, 0.4) is 0 Å². The minimum Gasteiger partial charge on any atom is -0.350 e. The van der Waals surface area contributed by atoms with E-state index >= 15 is 0 Å².